The highest BCUT2D eigenvalue weighted by Gasteiger charge is 2.22. The van der Waals surface area contributed by atoms with Crippen LogP contribution in [0.25, 0.3) is 0 Å². The van der Waals surface area contributed by atoms with Gasteiger partial charge in [-0.25, -0.2) is 0 Å². The molecule has 78 valence electrons. The van der Waals surface area contributed by atoms with E-state index in [9.17, 15) is 5.11 Å². The second-order valence-electron chi connectivity index (χ2n) is 3.11. The van der Waals surface area contributed by atoms with Crippen molar-refractivity contribution < 1.29 is 14.6 Å². The summed E-state index contributed by atoms with van der Waals surface area (Å²) in [5.41, 5.74) is 0.867. The molecule has 1 aliphatic rings. The van der Waals surface area contributed by atoms with Crippen molar-refractivity contribution in [2.24, 2.45) is 0 Å². The molecule has 1 N–H and O–H groups in total. The lowest BCUT2D eigenvalue weighted by atomic mass is 9.97. The third-order valence-corrected chi connectivity index (χ3v) is 2.22. The molecule has 0 spiro atoms. The zero-order chi connectivity index (χ0) is 10.6. The summed E-state index contributed by atoms with van der Waals surface area (Å²) < 4.78 is 10.2. The summed E-state index contributed by atoms with van der Waals surface area (Å²) in [7, 11) is 3.16. The highest BCUT2D eigenvalue weighted by Crippen LogP contribution is 2.23. The van der Waals surface area contributed by atoms with Gasteiger partial charge in [0, 0.05) is 7.11 Å². The molecule has 2 unspecified atom stereocenters. The summed E-state index contributed by atoms with van der Waals surface area (Å²) in [6.07, 6.45) is 5.25. The number of methoxy groups -OCH3 is 2. The van der Waals surface area contributed by atoms with Gasteiger partial charge >= 0.3 is 0 Å². The zero-order valence-electron chi connectivity index (χ0n) is 8.56. The Balaban J connectivity index is 2.85. The summed E-state index contributed by atoms with van der Waals surface area (Å²) in [6, 6.07) is 0. The van der Waals surface area contributed by atoms with Gasteiger partial charge < -0.3 is 14.6 Å². The summed E-state index contributed by atoms with van der Waals surface area (Å²) in [5, 5.41) is 9.81. The fourth-order valence-electron chi connectivity index (χ4n) is 1.45. The van der Waals surface area contributed by atoms with Gasteiger partial charge in [0.25, 0.3) is 0 Å². The van der Waals surface area contributed by atoms with Crippen LogP contribution in [-0.2, 0) is 9.47 Å². The number of ether oxygens (including phenoxy) is 2. The van der Waals surface area contributed by atoms with Crippen molar-refractivity contribution in [2.45, 2.75) is 18.6 Å². The molecule has 1 rings (SSSR count). The van der Waals surface area contributed by atoms with E-state index in [-0.39, 0.29) is 6.10 Å². The van der Waals surface area contributed by atoms with Crippen molar-refractivity contribution in [3.8, 4) is 0 Å². The van der Waals surface area contributed by atoms with Crippen molar-refractivity contribution in [1.29, 1.82) is 0 Å². The van der Waals surface area contributed by atoms with E-state index in [4.69, 9.17) is 9.47 Å². The Bertz CT molecular complexity index is 266. The van der Waals surface area contributed by atoms with Crippen LogP contribution in [-0.4, -0.2) is 31.5 Å². The molecule has 0 amide bonds. The maximum Gasteiger partial charge on any atom is 0.132 e. The van der Waals surface area contributed by atoms with E-state index in [0.717, 1.165) is 5.57 Å². The predicted molar refractivity (Wildman–Crippen MR) is 54.8 cm³/mol. The lowest BCUT2D eigenvalue weighted by Crippen LogP contribution is -2.23. The Morgan fingerprint density at radius 2 is 2.21 bits per heavy atom. The highest BCUT2D eigenvalue weighted by molar-refractivity contribution is 5.30. The van der Waals surface area contributed by atoms with Gasteiger partial charge in [-0.1, -0.05) is 6.08 Å². The van der Waals surface area contributed by atoms with E-state index < -0.39 is 6.10 Å². The normalized spacial score (nSPS) is 26.5. The topological polar surface area (TPSA) is 38.7 Å². The van der Waals surface area contributed by atoms with E-state index in [1.807, 2.05) is 6.08 Å². The minimum Gasteiger partial charge on any atom is -0.498 e. The number of allylic oxidation sites excluding steroid dienone is 1. The Labute approximate surface area is 84.3 Å². The molecule has 0 saturated carbocycles. The van der Waals surface area contributed by atoms with Crippen molar-refractivity contribution in [3.63, 3.8) is 0 Å². The van der Waals surface area contributed by atoms with Crippen LogP contribution in [0.5, 0.6) is 0 Å². The monoisotopic (exact) mass is 196 g/mol. The molecule has 0 aliphatic heterocycles. The Hall–Kier alpha value is -1.06. The molecular formula is C11H16O3. The number of aliphatic hydroxyl groups is 1. The first-order valence-electron chi connectivity index (χ1n) is 4.51. The largest absolute Gasteiger partial charge is 0.498 e. The summed E-state index contributed by atoms with van der Waals surface area (Å²) >= 11 is 0. The van der Waals surface area contributed by atoms with Gasteiger partial charge in [-0.2, -0.15) is 0 Å². The van der Waals surface area contributed by atoms with E-state index >= 15 is 0 Å². The van der Waals surface area contributed by atoms with Crippen molar-refractivity contribution >= 4 is 0 Å². The van der Waals surface area contributed by atoms with Gasteiger partial charge in [0.05, 0.1) is 13.2 Å². The second kappa shape index (κ2) is 4.98. The Kier molecular flexibility index (Phi) is 3.92. The first-order chi connectivity index (χ1) is 6.72. The predicted octanol–water partition coefficient (Wildman–Crippen LogP) is 1.41. The van der Waals surface area contributed by atoms with Crippen LogP contribution in [0.2, 0.25) is 0 Å². The average molecular weight is 196 g/mol. The summed E-state index contributed by atoms with van der Waals surface area (Å²) in [5.74, 6) is 0.538. The zero-order valence-corrected chi connectivity index (χ0v) is 8.56. The highest BCUT2D eigenvalue weighted by atomic mass is 16.5. The fourth-order valence-corrected chi connectivity index (χ4v) is 1.45. The molecule has 0 heterocycles. The van der Waals surface area contributed by atoms with E-state index in [0.29, 0.717) is 12.2 Å². The quantitative estimate of drug-likeness (QED) is 0.691. The maximum absolute atomic E-state index is 9.81. The van der Waals surface area contributed by atoms with Crippen LogP contribution in [0.4, 0.5) is 0 Å². The first-order valence-corrected chi connectivity index (χ1v) is 4.51. The van der Waals surface area contributed by atoms with Gasteiger partial charge in [0.2, 0.25) is 0 Å². The average Bonchev–Trinajstić information content (AvgIpc) is 2.21. The summed E-state index contributed by atoms with van der Waals surface area (Å²) in [4.78, 5) is 0. The van der Waals surface area contributed by atoms with Crippen LogP contribution in [0.1, 0.15) is 6.42 Å². The number of aliphatic hydroxyl groups excluding tert-OH is 1. The van der Waals surface area contributed by atoms with Crippen molar-refractivity contribution in [1.82, 2.24) is 0 Å². The molecule has 3 heteroatoms. The molecule has 0 aromatic heterocycles. The third kappa shape index (κ3) is 2.25. The van der Waals surface area contributed by atoms with Gasteiger partial charge in [-0.05, 0) is 24.1 Å². The van der Waals surface area contributed by atoms with E-state index in [1.165, 1.54) is 0 Å². The maximum atomic E-state index is 9.81. The molecule has 0 radical (unpaired) electrons. The lowest BCUT2D eigenvalue weighted by molar-refractivity contribution is 0.122. The molecule has 14 heavy (non-hydrogen) atoms. The van der Waals surface area contributed by atoms with Gasteiger partial charge in [0.1, 0.15) is 11.9 Å². The molecule has 0 saturated heterocycles. The Morgan fingerprint density at radius 3 is 2.71 bits per heavy atom. The molecule has 2 atom stereocenters. The molecule has 1 aliphatic carbocycles. The van der Waals surface area contributed by atoms with Crippen LogP contribution in [0.15, 0.2) is 36.1 Å². The van der Waals surface area contributed by atoms with Crippen LogP contribution >= 0.6 is 0 Å². The molecular weight excluding hydrogens is 180 g/mol. The van der Waals surface area contributed by atoms with Crippen molar-refractivity contribution in [3.05, 3.63) is 36.1 Å². The van der Waals surface area contributed by atoms with Crippen LogP contribution in [0.3, 0.4) is 0 Å². The smallest absolute Gasteiger partial charge is 0.132 e. The number of hydrogen-bond donors (Lipinski definition) is 1. The van der Waals surface area contributed by atoms with Gasteiger partial charge in [-0.3, -0.25) is 0 Å². The molecule has 0 fully saturated rings. The second-order valence-corrected chi connectivity index (χ2v) is 3.11. The van der Waals surface area contributed by atoms with Crippen LogP contribution in [0, 0.1) is 0 Å². The molecule has 0 aromatic carbocycles. The minimum atomic E-state index is -0.663. The standard InChI is InChI=1S/C11H16O3/c1-4-5-8-6-9(13-2)7-10(14-3)11(8)12/h4,6-7,9,11-12H,1,5H2,2-3H3. The molecule has 0 bridgehead atoms. The third-order valence-electron chi connectivity index (χ3n) is 2.22. The minimum absolute atomic E-state index is 0.122. The Morgan fingerprint density at radius 1 is 1.50 bits per heavy atom. The van der Waals surface area contributed by atoms with E-state index in [1.54, 1.807) is 26.4 Å². The van der Waals surface area contributed by atoms with E-state index in [2.05, 4.69) is 6.58 Å². The molecule has 0 aromatic rings. The lowest BCUT2D eigenvalue weighted by Gasteiger charge is -2.23. The SMILES string of the molecule is C=CCC1=CC(OC)C=C(OC)C1O. The van der Waals surface area contributed by atoms with Crippen molar-refractivity contribution in [2.75, 3.05) is 14.2 Å². The van der Waals surface area contributed by atoms with Gasteiger partial charge in [-0.15, -0.1) is 6.58 Å². The molecule has 3 nitrogen and oxygen atoms in total. The fraction of sp³-hybridized carbons (Fsp3) is 0.455. The number of hydrogen-bond acceptors (Lipinski definition) is 3. The number of rotatable bonds is 4. The van der Waals surface area contributed by atoms with Crippen LogP contribution < -0.4 is 0 Å². The van der Waals surface area contributed by atoms with Gasteiger partial charge in [0.15, 0.2) is 0 Å². The summed E-state index contributed by atoms with van der Waals surface area (Å²) in [6.45, 7) is 3.64. The first kappa shape index (κ1) is 11.0.